The minimum absolute atomic E-state index is 0.0179. The maximum absolute atomic E-state index is 11.9. The fourth-order valence-electron chi connectivity index (χ4n) is 1.73. The molecule has 2 amide bonds. The van der Waals surface area contributed by atoms with E-state index in [-0.39, 0.29) is 11.5 Å². The smallest absolute Gasteiger partial charge is 0.307 e. The molecule has 0 atom stereocenters. The van der Waals surface area contributed by atoms with Crippen molar-refractivity contribution in [1.82, 2.24) is 10.9 Å². The molecule has 7 nitrogen and oxygen atoms in total. The Hall–Kier alpha value is -3.04. The van der Waals surface area contributed by atoms with Crippen LogP contribution in [0.1, 0.15) is 30.9 Å². The standard InChI is InChI=1S/C16H12N4O3S2/c21-15(19-17-9-11-3-1-7-24-11)13-5-6-14(23-13)16(22)20-18-10-12-4-2-8-25-12/h1-10H,(H,19,21)(H,20,22)/b17-9+,18-10+. The van der Waals surface area contributed by atoms with Crippen LogP contribution < -0.4 is 10.9 Å². The third-order valence-electron chi connectivity index (χ3n) is 2.86. The Bertz CT molecular complexity index is 823. The van der Waals surface area contributed by atoms with Crippen molar-refractivity contribution in [2.75, 3.05) is 0 Å². The predicted octanol–water partition coefficient (Wildman–Crippen LogP) is 2.93. The van der Waals surface area contributed by atoms with Crippen LogP contribution >= 0.6 is 22.7 Å². The highest BCUT2D eigenvalue weighted by Gasteiger charge is 2.15. The van der Waals surface area contributed by atoms with Gasteiger partial charge in [0.2, 0.25) is 0 Å². The van der Waals surface area contributed by atoms with Crippen molar-refractivity contribution >= 4 is 46.9 Å². The SMILES string of the molecule is O=C(N/N=C/c1cccs1)c1ccc(C(=O)N/N=C/c2cccs2)o1. The molecule has 0 aromatic carbocycles. The lowest BCUT2D eigenvalue weighted by Gasteiger charge is -1.96. The Kier molecular flexibility index (Phi) is 5.50. The number of rotatable bonds is 6. The van der Waals surface area contributed by atoms with Crippen molar-refractivity contribution in [2.45, 2.75) is 0 Å². The number of thiophene rings is 2. The summed E-state index contributed by atoms with van der Waals surface area (Å²) in [6.45, 7) is 0. The van der Waals surface area contributed by atoms with Crippen LogP contribution in [-0.2, 0) is 0 Å². The molecule has 0 radical (unpaired) electrons. The molecule has 3 aromatic heterocycles. The molecule has 0 saturated heterocycles. The Balaban J connectivity index is 1.54. The number of nitrogens with zero attached hydrogens (tertiary/aromatic N) is 2. The lowest BCUT2D eigenvalue weighted by molar-refractivity contribution is 0.0902. The average Bonchev–Trinajstić information content (AvgIpc) is 3.36. The maximum Gasteiger partial charge on any atom is 0.307 e. The zero-order valence-corrected chi connectivity index (χ0v) is 14.3. The normalized spacial score (nSPS) is 11.2. The fraction of sp³-hybridized carbons (Fsp3) is 0. The molecule has 0 aliphatic heterocycles. The zero-order valence-electron chi connectivity index (χ0n) is 12.7. The van der Waals surface area contributed by atoms with Crippen LogP contribution in [0.3, 0.4) is 0 Å². The first-order chi connectivity index (χ1) is 12.2. The molecule has 2 N–H and O–H groups in total. The molecule has 3 rings (SSSR count). The Labute approximate surface area is 150 Å². The summed E-state index contributed by atoms with van der Waals surface area (Å²) in [5, 5.41) is 11.5. The second-order valence-electron chi connectivity index (χ2n) is 4.59. The van der Waals surface area contributed by atoms with E-state index in [1.807, 2.05) is 35.0 Å². The zero-order chi connectivity index (χ0) is 17.5. The summed E-state index contributed by atoms with van der Waals surface area (Å²) in [6.07, 6.45) is 3.05. The van der Waals surface area contributed by atoms with Gasteiger partial charge in [0, 0.05) is 9.75 Å². The van der Waals surface area contributed by atoms with E-state index in [4.69, 9.17) is 4.42 Å². The second-order valence-corrected chi connectivity index (χ2v) is 6.55. The van der Waals surface area contributed by atoms with Crippen molar-refractivity contribution in [1.29, 1.82) is 0 Å². The molecule has 0 aliphatic carbocycles. The third kappa shape index (κ3) is 4.72. The lowest BCUT2D eigenvalue weighted by atomic mass is 10.4. The largest absolute Gasteiger partial charge is 0.446 e. The number of hydrazone groups is 2. The number of amides is 2. The van der Waals surface area contributed by atoms with Crippen LogP contribution in [-0.4, -0.2) is 24.2 Å². The highest BCUT2D eigenvalue weighted by Crippen LogP contribution is 2.09. The van der Waals surface area contributed by atoms with Gasteiger partial charge < -0.3 is 4.42 Å². The molecule has 25 heavy (non-hydrogen) atoms. The number of nitrogens with one attached hydrogen (secondary N) is 2. The van der Waals surface area contributed by atoms with Gasteiger partial charge in [0.05, 0.1) is 12.4 Å². The maximum atomic E-state index is 11.9. The molecule has 0 aliphatic rings. The van der Waals surface area contributed by atoms with Gasteiger partial charge in [-0.2, -0.15) is 10.2 Å². The van der Waals surface area contributed by atoms with E-state index in [1.165, 1.54) is 47.2 Å². The molecule has 0 bridgehead atoms. The third-order valence-corrected chi connectivity index (χ3v) is 4.47. The molecule has 0 saturated carbocycles. The van der Waals surface area contributed by atoms with Gasteiger partial charge >= 0.3 is 11.8 Å². The molecular weight excluding hydrogens is 360 g/mol. The quantitative estimate of drug-likeness (QED) is 0.514. The van der Waals surface area contributed by atoms with Crippen molar-refractivity contribution in [3.05, 3.63) is 68.4 Å². The number of furan rings is 1. The monoisotopic (exact) mass is 372 g/mol. The molecule has 0 spiro atoms. The van der Waals surface area contributed by atoms with E-state index in [9.17, 15) is 9.59 Å². The van der Waals surface area contributed by atoms with Gasteiger partial charge in [-0.05, 0) is 35.0 Å². The van der Waals surface area contributed by atoms with Gasteiger partial charge in [0.1, 0.15) is 0 Å². The summed E-state index contributed by atoms with van der Waals surface area (Å²) in [4.78, 5) is 25.6. The van der Waals surface area contributed by atoms with Gasteiger partial charge in [0.15, 0.2) is 11.5 Å². The Morgan fingerprint density at radius 3 is 1.72 bits per heavy atom. The average molecular weight is 372 g/mol. The summed E-state index contributed by atoms with van der Waals surface area (Å²) >= 11 is 2.99. The van der Waals surface area contributed by atoms with Crippen LogP contribution in [0.15, 0.2) is 61.8 Å². The molecular formula is C16H12N4O3S2. The van der Waals surface area contributed by atoms with Crippen molar-refractivity contribution in [2.24, 2.45) is 10.2 Å². The van der Waals surface area contributed by atoms with E-state index >= 15 is 0 Å². The Morgan fingerprint density at radius 1 is 0.840 bits per heavy atom. The topological polar surface area (TPSA) is 96.1 Å². The molecule has 9 heteroatoms. The summed E-state index contributed by atoms with van der Waals surface area (Å²) < 4.78 is 5.22. The first-order valence-electron chi connectivity index (χ1n) is 7.06. The molecule has 0 unspecified atom stereocenters. The van der Waals surface area contributed by atoms with Crippen LogP contribution in [0.25, 0.3) is 0 Å². The second kappa shape index (κ2) is 8.18. The van der Waals surface area contributed by atoms with Gasteiger partial charge in [-0.3, -0.25) is 9.59 Å². The number of carbonyl (C=O) groups is 2. The van der Waals surface area contributed by atoms with Crippen LogP contribution in [0.2, 0.25) is 0 Å². The van der Waals surface area contributed by atoms with Gasteiger partial charge in [-0.25, -0.2) is 10.9 Å². The number of hydrogen-bond acceptors (Lipinski definition) is 7. The van der Waals surface area contributed by atoms with Gasteiger partial charge in [-0.1, -0.05) is 12.1 Å². The van der Waals surface area contributed by atoms with Gasteiger partial charge in [0.25, 0.3) is 0 Å². The highest BCUT2D eigenvalue weighted by molar-refractivity contribution is 7.12. The van der Waals surface area contributed by atoms with Gasteiger partial charge in [-0.15, -0.1) is 22.7 Å². The minimum atomic E-state index is -0.547. The molecule has 3 heterocycles. The van der Waals surface area contributed by atoms with Crippen molar-refractivity contribution < 1.29 is 14.0 Å². The van der Waals surface area contributed by atoms with E-state index in [2.05, 4.69) is 21.1 Å². The van der Waals surface area contributed by atoms with E-state index in [0.717, 1.165) is 9.75 Å². The lowest BCUT2D eigenvalue weighted by Crippen LogP contribution is -2.18. The number of hydrogen-bond donors (Lipinski definition) is 2. The summed E-state index contributed by atoms with van der Waals surface area (Å²) in [5.74, 6) is -1.13. The highest BCUT2D eigenvalue weighted by atomic mass is 32.1. The van der Waals surface area contributed by atoms with E-state index in [1.54, 1.807) is 0 Å². The van der Waals surface area contributed by atoms with E-state index in [0.29, 0.717) is 0 Å². The van der Waals surface area contributed by atoms with Crippen molar-refractivity contribution in [3.8, 4) is 0 Å². The predicted molar refractivity (Wildman–Crippen MR) is 97.5 cm³/mol. The Morgan fingerprint density at radius 2 is 1.32 bits per heavy atom. The first kappa shape index (κ1) is 16.8. The first-order valence-corrected chi connectivity index (χ1v) is 8.82. The summed E-state index contributed by atoms with van der Waals surface area (Å²) in [7, 11) is 0. The van der Waals surface area contributed by atoms with Crippen LogP contribution in [0, 0.1) is 0 Å². The minimum Gasteiger partial charge on any atom is -0.446 e. The number of carbonyl (C=O) groups excluding carboxylic acids is 2. The summed E-state index contributed by atoms with van der Waals surface area (Å²) in [6, 6.07) is 10.3. The van der Waals surface area contributed by atoms with Crippen LogP contribution in [0.4, 0.5) is 0 Å². The molecule has 0 fully saturated rings. The molecule has 126 valence electrons. The van der Waals surface area contributed by atoms with E-state index < -0.39 is 11.8 Å². The fourth-order valence-corrected chi connectivity index (χ4v) is 2.90. The van der Waals surface area contributed by atoms with Crippen LogP contribution in [0.5, 0.6) is 0 Å². The molecule has 3 aromatic rings. The summed E-state index contributed by atoms with van der Waals surface area (Å²) in [5.41, 5.74) is 4.67. The van der Waals surface area contributed by atoms with Crippen molar-refractivity contribution in [3.63, 3.8) is 0 Å².